The van der Waals surface area contributed by atoms with Crippen molar-refractivity contribution in [2.75, 3.05) is 32.7 Å². The van der Waals surface area contributed by atoms with Crippen LogP contribution in [0.15, 0.2) is 0 Å². The van der Waals surface area contributed by atoms with Gasteiger partial charge in [-0.15, -0.1) is 0 Å². The second kappa shape index (κ2) is 5.64. The molecule has 2 aliphatic heterocycles. The molecule has 0 aromatic carbocycles. The van der Waals surface area contributed by atoms with Crippen LogP contribution in [0.4, 0.5) is 0 Å². The molecule has 0 aromatic heterocycles. The normalized spacial score (nSPS) is 31.4. The number of carbonyl (C=O) groups is 1. The maximum atomic E-state index is 12.3. The quantitative estimate of drug-likeness (QED) is 0.705. The first kappa shape index (κ1) is 11.9. The molecule has 2 fully saturated rings. The fourth-order valence-electron chi connectivity index (χ4n) is 2.66. The van der Waals surface area contributed by atoms with Crippen LogP contribution in [0.5, 0.6) is 0 Å². The van der Waals surface area contributed by atoms with E-state index in [1.165, 1.54) is 12.8 Å². The van der Waals surface area contributed by atoms with Crippen molar-refractivity contribution in [1.29, 1.82) is 0 Å². The summed E-state index contributed by atoms with van der Waals surface area (Å²) in [7, 11) is 0. The van der Waals surface area contributed by atoms with E-state index in [2.05, 4.69) is 17.6 Å². The Morgan fingerprint density at radius 3 is 2.75 bits per heavy atom. The minimum atomic E-state index is 0.0804. The lowest BCUT2D eigenvalue weighted by Gasteiger charge is -2.35. The Morgan fingerprint density at radius 2 is 2.06 bits per heavy atom. The van der Waals surface area contributed by atoms with E-state index in [0.29, 0.717) is 5.91 Å². The van der Waals surface area contributed by atoms with Gasteiger partial charge in [-0.05, 0) is 25.3 Å². The molecule has 2 N–H and O–H groups in total. The highest BCUT2D eigenvalue weighted by molar-refractivity contribution is 5.82. The zero-order chi connectivity index (χ0) is 11.4. The van der Waals surface area contributed by atoms with Gasteiger partial charge in [0.25, 0.3) is 0 Å². The SMILES string of the molecule is CCC1CCNC(C(=O)N2CCNCC2)C1. The number of piperazine rings is 1. The van der Waals surface area contributed by atoms with Crippen molar-refractivity contribution in [2.45, 2.75) is 32.2 Å². The molecule has 1 amide bonds. The van der Waals surface area contributed by atoms with Gasteiger partial charge in [0.1, 0.15) is 0 Å². The van der Waals surface area contributed by atoms with Crippen molar-refractivity contribution in [2.24, 2.45) is 5.92 Å². The van der Waals surface area contributed by atoms with Crippen molar-refractivity contribution >= 4 is 5.91 Å². The summed E-state index contributed by atoms with van der Waals surface area (Å²) in [6.07, 6.45) is 3.45. The number of nitrogens with zero attached hydrogens (tertiary/aromatic N) is 1. The van der Waals surface area contributed by atoms with Gasteiger partial charge in [0.05, 0.1) is 6.04 Å². The zero-order valence-corrected chi connectivity index (χ0v) is 10.2. The summed E-state index contributed by atoms with van der Waals surface area (Å²) < 4.78 is 0. The van der Waals surface area contributed by atoms with Crippen LogP contribution in [-0.4, -0.2) is 49.6 Å². The Morgan fingerprint density at radius 1 is 1.31 bits per heavy atom. The fourth-order valence-corrected chi connectivity index (χ4v) is 2.66. The predicted octanol–water partition coefficient (Wildman–Crippen LogP) is 0.196. The average molecular weight is 225 g/mol. The van der Waals surface area contributed by atoms with Gasteiger partial charge in [-0.3, -0.25) is 4.79 Å². The second-order valence-electron chi connectivity index (χ2n) is 4.88. The number of piperidine rings is 1. The molecular weight excluding hydrogens is 202 g/mol. The summed E-state index contributed by atoms with van der Waals surface area (Å²) in [5.41, 5.74) is 0. The maximum Gasteiger partial charge on any atom is 0.239 e. The molecule has 0 bridgehead atoms. The van der Waals surface area contributed by atoms with Gasteiger partial charge in [-0.1, -0.05) is 13.3 Å². The topological polar surface area (TPSA) is 44.4 Å². The molecule has 0 aromatic rings. The first-order valence-corrected chi connectivity index (χ1v) is 6.54. The molecule has 2 rings (SSSR count). The van der Waals surface area contributed by atoms with E-state index in [-0.39, 0.29) is 6.04 Å². The molecular formula is C12H23N3O. The molecule has 2 heterocycles. The number of nitrogens with one attached hydrogen (secondary N) is 2. The van der Waals surface area contributed by atoms with Crippen LogP contribution in [0, 0.1) is 5.92 Å². The molecule has 0 spiro atoms. The summed E-state index contributed by atoms with van der Waals surface area (Å²) in [5.74, 6) is 1.05. The van der Waals surface area contributed by atoms with Crippen LogP contribution in [-0.2, 0) is 4.79 Å². The van der Waals surface area contributed by atoms with Crippen LogP contribution >= 0.6 is 0 Å². The molecule has 2 aliphatic rings. The first-order chi connectivity index (χ1) is 7.81. The highest BCUT2D eigenvalue weighted by atomic mass is 16.2. The Balaban J connectivity index is 1.87. The van der Waals surface area contributed by atoms with Gasteiger partial charge in [-0.2, -0.15) is 0 Å². The molecule has 0 aliphatic carbocycles. The average Bonchev–Trinajstić information content (AvgIpc) is 2.39. The lowest BCUT2D eigenvalue weighted by Crippen LogP contribution is -2.55. The molecule has 0 saturated carbocycles. The monoisotopic (exact) mass is 225 g/mol. The third-order valence-corrected chi connectivity index (χ3v) is 3.82. The molecule has 2 unspecified atom stereocenters. The van der Waals surface area contributed by atoms with Crippen molar-refractivity contribution in [3.63, 3.8) is 0 Å². The smallest absolute Gasteiger partial charge is 0.239 e. The van der Waals surface area contributed by atoms with Gasteiger partial charge in [0.2, 0.25) is 5.91 Å². The number of carbonyl (C=O) groups excluding carboxylic acids is 1. The number of hydrogen-bond donors (Lipinski definition) is 2. The van der Waals surface area contributed by atoms with Crippen LogP contribution in [0.3, 0.4) is 0 Å². The Labute approximate surface area is 97.8 Å². The van der Waals surface area contributed by atoms with E-state index in [4.69, 9.17) is 0 Å². The van der Waals surface area contributed by atoms with Crippen LogP contribution < -0.4 is 10.6 Å². The first-order valence-electron chi connectivity index (χ1n) is 6.54. The summed E-state index contributed by atoms with van der Waals surface area (Å²) in [5, 5.41) is 6.65. The highest BCUT2D eigenvalue weighted by Gasteiger charge is 2.29. The van der Waals surface area contributed by atoms with Gasteiger partial charge in [0.15, 0.2) is 0 Å². The third kappa shape index (κ3) is 2.74. The van der Waals surface area contributed by atoms with E-state index in [1.807, 2.05) is 4.90 Å². The van der Waals surface area contributed by atoms with Crippen LogP contribution in [0.25, 0.3) is 0 Å². The van der Waals surface area contributed by atoms with Gasteiger partial charge < -0.3 is 15.5 Å². The Kier molecular flexibility index (Phi) is 4.18. The molecule has 16 heavy (non-hydrogen) atoms. The largest absolute Gasteiger partial charge is 0.339 e. The molecule has 2 atom stereocenters. The van der Waals surface area contributed by atoms with E-state index < -0.39 is 0 Å². The minimum absolute atomic E-state index is 0.0804. The molecule has 92 valence electrons. The van der Waals surface area contributed by atoms with Gasteiger partial charge in [-0.25, -0.2) is 0 Å². The summed E-state index contributed by atoms with van der Waals surface area (Å²) >= 11 is 0. The predicted molar refractivity (Wildman–Crippen MR) is 64.3 cm³/mol. The van der Waals surface area contributed by atoms with Crippen LogP contribution in [0.1, 0.15) is 26.2 Å². The van der Waals surface area contributed by atoms with E-state index >= 15 is 0 Å². The standard InChI is InChI=1S/C12H23N3O/c1-2-10-3-4-14-11(9-10)12(16)15-7-5-13-6-8-15/h10-11,13-14H,2-9H2,1H3. The lowest BCUT2D eigenvalue weighted by molar-refractivity contribution is -0.135. The summed E-state index contributed by atoms with van der Waals surface area (Å²) in [4.78, 5) is 14.3. The van der Waals surface area contributed by atoms with E-state index in [9.17, 15) is 4.79 Å². The Hall–Kier alpha value is -0.610. The van der Waals surface area contributed by atoms with Crippen LogP contribution in [0.2, 0.25) is 0 Å². The lowest BCUT2D eigenvalue weighted by atomic mass is 9.90. The number of rotatable bonds is 2. The highest BCUT2D eigenvalue weighted by Crippen LogP contribution is 2.20. The van der Waals surface area contributed by atoms with E-state index in [0.717, 1.165) is 45.1 Å². The summed E-state index contributed by atoms with van der Waals surface area (Å²) in [6.45, 7) is 6.84. The molecule has 4 nitrogen and oxygen atoms in total. The summed E-state index contributed by atoms with van der Waals surface area (Å²) in [6, 6.07) is 0.0804. The van der Waals surface area contributed by atoms with E-state index in [1.54, 1.807) is 0 Å². The number of amides is 1. The third-order valence-electron chi connectivity index (χ3n) is 3.82. The fraction of sp³-hybridized carbons (Fsp3) is 0.917. The number of hydrogen-bond acceptors (Lipinski definition) is 3. The Bertz CT molecular complexity index is 238. The van der Waals surface area contributed by atoms with Gasteiger partial charge >= 0.3 is 0 Å². The molecule has 0 radical (unpaired) electrons. The maximum absolute atomic E-state index is 12.3. The van der Waals surface area contributed by atoms with Crippen molar-refractivity contribution < 1.29 is 4.79 Å². The minimum Gasteiger partial charge on any atom is -0.339 e. The molecule has 2 saturated heterocycles. The van der Waals surface area contributed by atoms with Crippen molar-refractivity contribution in [3.8, 4) is 0 Å². The van der Waals surface area contributed by atoms with Gasteiger partial charge in [0, 0.05) is 26.2 Å². The van der Waals surface area contributed by atoms with Crippen molar-refractivity contribution in [3.05, 3.63) is 0 Å². The second-order valence-corrected chi connectivity index (χ2v) is 4.88. The molecule has 4 heteroatoms. The zero-order valence-electron chi connectivity index (χ0n) is 10.2. The van der Waals surface area contributed by atoms with Crippen molar-refractivity contribution in [1.82, 2.24) is 15.5 Å².